The standard InChI is InChI=1S/C14H13NO4S/c1-19-15(14(16)12-8-4-2-5-9-12)20(17,18)13-10-6-3-7-11-13/h2-11H,1H3. The number of carbonyl (C=O) groups is 1. The van der Waals surface area contributed by atoms with E-state index in [0.717, 1.165) is 7.11 Å². The van der Waals surface area contributed by atoms with Crippen LogP contribution in [0.3, 0.4) is 0 Å². The second-order valence-corrected chi connectivity index (χ2v) is 5.65. The van der Waals surface area contributed by atoms with Crippen LogP contribution >= 0.6 is 0 Å². The number of benzene rings is 2. The van der Waals surface area contributed by atoms with E-state index >= 15 is 0 Å². The van der Waals surface area contributed by atoms with E-state index in [0.29, 0.717) is 4.47 Å². The molecule has 2 aromatic rings. The quantitative estimate of drug-likeness (QED) is 0.809. The van der Waals surface area contributed by atoms with Gasteiger partial charge in [-0.25, -0.2) is 0 Å². The molecular weight excluding hydrogens is 278 g/mol. The predicted octanol–water partition coefficient (Wildman–Crippen LogP) is 2.08. The zero-order chi connectivity index (χ0) is 14.6. The van der Waals surface area contributed by atoms with Gasteiger partial charge in [-0.1, -0.05) is 36.4 Å². The molecule has 0 aliphatic carbocycles. The first kappa shape index (κ1) is 14.2. The van der Waals surface area contributed by atoms with Gasteiger partial charge in [0, 0.05) is 5.56 Å². The Balaban J connectivity index is 2.41. The van der Waals surface area contributed by atoms with Crippen molar-refractivity contribution in [3.63, 3.8) is 0 Å². The highest BCUT2D eigenvalue weighted by atomic mass is 32.2. The van der Waals surface area contributed by atoms with Gasteiger partial charge in [0.2, 0.25) is 0 Å². The van der Waals surface area contributed by atoms with Gasteiger partial charge >= 0.3 is 0 Å². The molecule has 5 nitrogen and oxygen atoms in total. The molecular formula is C14H13NO4S. The van der Waals surface area contributed by atoms with Gasteiger partial charge in [-0.3, -0.25) is 9.63 Å². The van der Waals surface area contributed by atoms with Crippen LogP contribution in [-0.4, -0.2) is 25.9 Å². The Morgan fingerprint density at radius 3 is 1.95 bits per heavy atom. The molecule has 0 heterocycles. The minimum atomic E-state index is -4.04. The Morgan fingerprint density at radius 2 is 1.45 bits per heavy atom. The number of amides is 1. The fraction of sp³-hybridized carbons (Fsp3) is 0.0714. The number of carbonyl (C=O) groups excluding carboxylic acids is 1. The Kier molecular flexibility index (Phi) is 4.16. The lowest BCUT2D eigenvalue weighted by atomic mass is 10.2. The van der Waals surface area contributed by atoms with Crippen molar-refractivity contribution >= 4 is 15.9 Å². The van der Waals surface area contributed by atoms with Crippen LogP contribution in [0.15, 0.2) is 65.6 Å². The molecule has 6 heteroatoms. The molecule has 0 aromatic heterocycles. The van der Waals surface area contributed by atoms with E-state index in [2.05, 4.69) is 0 Å². The monoisotopic (exact) mass is 291 g/mol. The molecule has 0 atom stereocenters. The molecule has 0 fully saturated rings. The zero-order valence-electron chi connectivity index (χ0n) is 10.8. The Hall–Kier alpha value is -2.18. The smallest absolute Gasteiger partial charge is 0.266 e. The molecule has 0 aliphatic heterocycles. The van der Waals surface area contributed by atoms with E-state index in [4.69, 9.17) is 4.84 Å². The molecule has 0 spiro atoms. The second-order valence-electron chi connectivity index (χ2n) is 3.90. The van der Waals surface area contributed by atoms with Gasteiger partial charge in [0.15, 0.2) is 0 Å². The molecule has 0 N–H and O–H groups in total. The van der Waals surface area contributed by atoms with Crippen molar-refractivity contribution in [1.29, 1.82) is 0 Å². The van der Waals surface area contributed by atoms with Crippen LogP contribution < -0.4 is 0 Å². The molecule has 104 valence electrons. The second kappa shape index (κ2) is 5.85. The highest BCUT2D eigenvalue weighted by Gasteiger charge is 2.30. The van der Waals surface area contributed by atoms with Crippen molar-refractivity contribution in [3.05, 3.63) is 66.2 Å². The largest absolute Gasteiger partial charge is 0.292 e. The summed E-state index contributed by atoms with van der Waals surface area (Å²) >= 11 is 0. The summed E-state index contributed by atoms with van der Waals surface area (Å²) in [5.41, 5.74) is 0.230. The van der Waals surface area contributed by atoms with E-state index < -0.39 is 15.9 Å². The summed E-state index contributed by atoms with van der Waals surface area (Å²) in [7, 11) is -2.90. The summed E-state index contributed by atoms with van der Waals surface area (Å²) in [4.78, 5) is 17.0. The normalized spacial score (nSPS) is 11.1. The number of nitrogens with zero attached hydrogens (tertiary/aromatic N) is 1. The van der Waals surface area contributed by atoms with E-state index in [1.807, 2.05) is 0 Å². The van der Waals surface area contributed by atoms with Crippen LogP contribution in [-0.2, 0) is 14.9 Å². The third-order valence-electron chi connectivity index (χ3n) is 2.61. The predicted molar refractivity (Wildman–Crippen MR) is 73.2 cm³/mol. The van der Waals surface area contributed by atoms with Crippen molar-refractivity contribution in [3.8, 4) is 0 Å². The molecule has 0 radical (unpaired) electrons. The van der Waals surface area contributed by atoms with Crippen molar-refractivity contribution < 1.29 is 18.0 Å². The highest BCUT2D eigenvalue weighted by molar-refractivity contribution is 7.89. The number of rotatable bonds is 4. The Morgan fingerprint density at radius 1 is 0.950 bits per heavy atom. The summed E-state index contributed by atoms with van der Waals surface area (Å²) < 4.78 is 25.1. The fourth-order valence-corrected chi connectivity index (χ4v) is 2.88. The maximum absolute atomic E-state index is 12.4. The van der Waals surface area contributed by atoms with Gasteiger partial charge in [-0.05, 0) is 24.3 Å². The number of hydrogen-bond donors (Lipinski definition) is 0. The SMILES string of the molecule is CON(C(=O)c1ccccc1)S(=O)(=O)c1ccccc1. The lowest BCUT2D eigenvalue weighted by Gasteiger charge is -2.19. The summed E-state index contributed by atoms with van der Waals surface area (Å²) in [5.74, 6) is -0.739. The van der Waals surface area contributed by atoms with Crippen LogP contribution in [0.25, 0.3) is 0 Å². The molecule has 0 bridgehead atoms. The Bertz CT molecular complexity index is 684. The first-order valence-electron chi connectivity index (χ1n) is 5.81. The van der Waals surface area contributed by atoms with Crippen molar-refractivity contribution in [1.82, 2.24) is 4.47 Å². The van der Waals surface area contributed by atoms with E-state index in [1.165, 1.54) is 24.3 Å². The average molecular weight is 291 g/mol. The van der Waals surface area contributed by atoms with E-state index in [9.17, 15) is 13.2 Å². The summed E-state index contributed by atoms with van der Waals surface area (Å²) in [5, 5.41) is 0. The third-order valence-corrected chi connectivity index (χ3v) is 4.23. The molecule has 0 unspecified atom stereocenters. The lowest BCUT2D eigenvalue weighted by molar-refractivity contribution is -0.0284. The average Bonchev–Trinajstić information content (AvgIpc) is 2.49. The van der Waals surface area contributed by atoms with E-state index in [1.54, 1.807) is 36.4 Å². The topological polar surface area (TPSA) is 63.7 Å². The maximum Gasteiger partial charge on any atom is 0.292 e. The summed E-state index contributed by atoms with van der Waals surface area (Å²) in [6.45, 7) is 0. The number of hydroxylamine groups is 1. The van der Waals surface area contributed by atoms with Crippen LogP contribution in [0.5, 0.6) is 0 Å². The molecule has 0 saturated carbocycles. The number of hydrogen-bond acceptors (Lipinski definition) is 4. The third kappa shape index (κ3) is 2.71. The van der Waals surface area contributed by atoms with Gasteiger partial charge in [0.05, 0.1) is 12.0 Å². The van der Waals surface area contributed by atoms with Gasteiger partial charge in [-0.15, -0.1) is 4.47 Å². The first-order valence-corrected chi connectivity index (χ1v) is 7.25. The van der Waals surface area contributed by atoms with E-state index in [-0.39, 0.29) is 10.5 Å². The van der Waals surface area contributed by atoms with Crippen LogP contribution in [0.1, 0.15) is 10.4 Å². The molecule has 1 amide bonds. The minimum Gasteiger partial charge on any atom is -0.266 e. The Labute approximate surface area is 117 Å². The summed E-state index contributed by atoms with van der Waals surface area (Å²) in [6, 6.07) is 15.7. The molecule has 0 saturated heterocycles. The number of sulfonamides is 1. The molecule has 2 rings (SSSR count). The fourth-order valence-electron chi connectivity index (χ4n) is 1.66. The molecule has 0 aliphatic rings. The van der Waals surface area contributed by atoms with Crippen molar-refractivity contribution in [2.24, 2.45) is 0 Å². The van der Waals surface area contributed by atoms with Gasteiger partial charge in [-0.2, -0.15) is 8.42 Å². The maximum atomic E-state index is 12.4. The zero-order valence-corrected chi connectivity index (χ0v) is 11.6. The van der Waals surface area contributed by atoms with Crippen LogP contribution in [0.2, 0.25) is 0 Å². The summed E-state index contributed by atoms with van der Waals surface area (Å²) in [6.07, 6.45) is 0. The van der Waals surface area contributed by atoms with Gasteiger partial charge in [0.25, 0.3) is 15.9 Å². The van der Waals surface area contributed by atoms with Crippen LogP contribution in [0.4, 0.5) is 0 Å². The minimum absolute atomic E-state index is 0.00821. The van der Waals surface area contributed by atoms with Crippen molar-refractivity contribution in [2.75, 3.05) is 7.11 Å². The molecule has 20 heavy (non-hydrogen) atoms. The lowest BCUT2D eigenvalue weighted by Crippen LogP contribution is -2.35. The molecule has 2 aromatic carbocycles. The first-order chi connectivity index (χ1) is 9.57. The van der Waals surface area contributed by atoms with Crippen LogP contribution in [0, 0.1) is 0 Å². The van der Waals surface area contributed by atoms with Crippen molar-refractivity contribution in [2.45, 2.75) is 4.90 Å². The highest BCUT2D eigenvalue weighted by Crippen LogP contribution is 2.18. The van der Waals surface area contributed by atoms with Gasteiger partial charge in [0.1, 0.15) is 0 Å². The van der Waals surface area contributed by atoms with Gasteiger partial charge < -0.3 is 0 Å².